The molecule has 0 radical (unpaired) electrons. The predicted octanol–water partition coefficient (Wildman–Crippen LogP) is 2.75. The summed E-state index contributed by atoms with van der Waals surface area (Å²) >= 11 is 0. The van der Waals surface area contributed by atoms with Gasteiger partial charge in [0.05, 0.1) is 12.6 Å². The highest BCUT2D eigenvalue weighted by Gasteiger charge is 2.24. The molecule has 2 atom stereocenters. The van der Waals surface area contributed by atoms with E-state index in [4.69, 9.17) is 0 Å². The number of benzene rings is 3. The predicted molar refractivity (Wildman–Crippen MR) is 117 cm³/mol. The Labute approximate surface area is 176 Å². The highest BCUT2D eigenvalue weighted by Crippen LogP contribution is 2.08. The molecule has 0 bridgehead atoms. The Morgan fingerprint density at radius 3 is 1.73 bits per heavy atom. The Balaban J connectivity index is 1.72. The highest BCUT2D eigenvalue weighted by molar-refractivity contribution is 5.97. The average molecular weight is 402 g/mol. The topological polar surface area (TPSA) is 78.4 Å². The van der Waals surface area contributed by atoms with Crippen molar-refractivity contribution in [3.05, 3.63) is 108 Å². The number of aliphatic hydroxyl groups is 1. The quantitative estimate of drug-likeness (QED) is 0.515. The first kappa shape index (κ1) is 21.3. The maximum absolute atomic E-state index is 13.0. The van der Waals surface area contributed by atoms with Crippen LogP contribution in [0.3, 0.4) is 0 Å². The molecule has 0 saturated heterocycles. The lowest BCUT2D eigenvalue weighted by Gasteiger charge is -2.23. The fourth-order valence-corrected chi connectivity index (χ4v) is 3.25. The van der Waals surface area contributed by atoms with Crippen LogP contribution in [0, 0.1) is 0 Å². The fraction of sp³-hybridized carbons (Fsp3) is 0.200. The van der Waals surface area contributed by atoms with Gasteiger partial charge in [0.2, 0.25) is 5.91 Å². The molecule has 2 amide bonds. The molecule has 3 aromatic carbocycles. The zero-order valence-electron chi connectivity index (χ0n) is 16.7. The van der Waals surface area contributed by atoms with Crippen molar-refractivity contribution >= 4 is 11.8 Å². The number of aliphatic hydroxyl groups excluding tert-OH is 1. The van der Waals surface area contributed by atoms with Crippen molar-refractivity contribution in [2.24, 2.45) is 0 Å². The Morgan fingerprint density at radius 2 is 1.20 bits per heavy atom. The van der Waals surface area contributed by atoms with Crippen molar-refractivity contribution in [1.29, 1.82) is 0 Å². The minimum Gasteiger partial charge on any atom is -0.394 e. The van der Waals surface area contributed by atoms with Gasteiger partial charge in [-0.3, -0.25) is 9.59 Å². The summed E-state index contributed by atoms with van der Waals surface area (Å²) in [6.07, 6.45) is 0.864. The normalized spacial score (nSPS) is 12.6. The van der Waals surface area contributed by atoms with Gasteiger partial charge in [-0.2, -0.15) is 0 Å². The average Bonchev–Trinajstić information content (AvgIpc) is 2.80. The van der Waals surface area contributed by atoms with Crippen LogP contribution in [-0.4, -0.2) is 35.6 Å². The zero-order chi connectivity index (χ0) is 21.2. The largest absolute Gasteiger partial charge is 0.394 e. The molecule has 0 spiro atoms. The van der Waals surface area contributed by atoms with Crippen molar-refractivity contribution < 1.29 is 14.7 Å². The smallest absolute Gasteiger partial charge is 0.251 e. The first-order chi connectivity index (χ1) is 14.7. The van der Waals surface area contributed by atoms with Gasteiger partial charge in [0, 0.05) is 12.0 Å². The van der Waals surface area contributed by atoms with E-state index in [0.717, 1.165) is 11.1 Å². The van der Waals surface area contributed by atoms with Crippen molar-refractivity contribution in [3.63, 3.8) is 0 Å². The van der Waals surface area contributed by atoms with Gasteiger partial charge in [-0.15, -0.1) is 0 Å². The van der Waals surface area contributed by atoms with E-state index in [-0.39, 0.29) is 18.4 Å². The molecule has 0 fully saturated rings. The second-order valence-electron chi connectivity index (χ2n) is 7.16. The molecule has 3 rings (SSSR count). The molecule has 0 aromatic heterocycles. The lowest BCUT2D eigenvalue weighted by Crippen LogP contribution is -2.52. The summed E-state index contributed by atoms with van der Waals surface area (Å²) in [5, 5.41) is 15.5. The number of hydrogen-bond acceptors (Lipinski definition) is 3. The Hall–Kier alpha value is -3.44. The van der Waals surface area contributed by atoms with E-state index in [2.05, 4.69) is 10.6 Å². The van der Waals surface area contributed by atoms with Gasteiger partial charge >= 0.3 is 0 Å². The van der Waals surface area contributed by atoms with Gasteiger partial charge < -0.3 is 15.7 Å². The van der Waals surface area contributed by atoms with Crippen molar-refractivity contribution in [3.8, 4) is 0 Å². The SMILES string of the molecule is O=C(N[C@H](Cc1ccccc1)C(=O)N[C@@H](CO)Cc1ccccc1)c1ccccc1. The number of carbonyl (C=O) groups is 2. The maximum Gasteiger partial charge on any atom is 0.251 e. The molecular weight excluding hydrogens is 376 g/mol. The summed E-state index contributed by atoms with van der Waals surface area (Å²) in [6, 6.07) is 26.8. The lowest BCUT2D eigenvalue weighted by molar-refractivity contribution is -0.124. The molecule has 0 aliphatic rings. The summed E-state index contributed by atoms with van der Waals surface area (Å²) in [5.41, 5.74) is 2.45. The molecule has 0 saturated carbocycles. The fourth-order valence-electron chi connectivity index (χ4n) is 3.25. The standard InChI is InChI=1S/C25H26N2O3/c28-18-22(16-19-10-4-1-5-11-19)26-25(30)23(17-20-12-6-2-7-13-20)27-24(29)21-14-8-3-9-15-21/h1-15,22-23,28H,16-18H2,(H,26,30)(H,27,29)/t22-,23-/m1/s1. The second-order valence-corrected chi connectivity index (χ2v) is 7.16. The maximum atomic E-state index is 13.0. The summed E-state index contributed by atoms with van der Waals surface area (Å²) in [6.45, 7) is -0.189. The van der Waals surface area contributed by atoms with E-state index in [1.54, 1.807) is 24.3 Å². The number of amides is 2. The van der Waals surface area contributed by atoms with Crippen LogP contribution in [0.1, 0.15) is 21.5 Å². The molecule has 0 heterocycles. The highest BCUT2D eigenvalue weighted by atomic mass is 16.3. The summed E-state index contributed by atoms with van der Waals surface area (Å²) in [7, 11) is 0. The third kappa shape index (κ3) is 6.29. The minimum atomic E-state index is -0.759. The van der Waals surface area contributed by atoms with E-state index < -0.39 is 12.1 Å². The molecular formula is C25H26N2O3. The van der Waals surface area contributed by atoms with E-state index in [1.807, 2.05) is 66.7 Å². The van der Waals surface area contributed by atoms with Gasteiger partial charge in [0.1, 0.15) is 6.04 Å². The Bertz CT molecular complexity index is 930. The van der Waals surface area contributed by atoms with Crippen LogP contribution in [0.5, 0.6) is 0 Å². The van der Waals surface area contributed by atoms with Gasteiger partial charge in [0.15, 0.2) is 0 Å². The van der Waals surface area contributed by atoms with Gasteiger partial charge in [-0.25, -0.2) is 0 Å². The number of carbonyl (C=O) groups excluding carboxylic acids is 2. The second kappa shape index (κ2) is 10.9. The van der Waals surface area contributed by atoms with E-state index in [0.29, 0.717) is 18.4 Å². The van der Waals surface area contributed by atoms with Crippen molar-refractivity contribution in [2.45, 2.75) is 24.9 Å². The zero-order valence-corrected chi connectivity index (χ0v) is 16.7. The van der Waals surface area contributed by atoms with Crippen LogP contribution in [-0.2, 0) is 17.6 Å². The number of nitrogens with one attached hydrogen (secondary N) is 2. The summed E-state index contributed by atoms with van der Waals surface area (Å²) < 4.78 is 0. The van der Waals surface area contributed by atoms with E-state index in [1.165, 1.54) is 0 Å². The minimum absolute atomic E-state index is 0.189. The molecule has 3 N–H and O–H groups in total. The molecule has 5 heteroatoms. The number of hydrogen-bond donors (Lipinski definition) is 3. The third-order valence-corrected chi connectivity index (χ3v) is 4.83. The first-order valence-corrected chi connectivity index (χ1v) is 10.0. The summed E-state index contributed by atoms with van der Waals surface area (Å²) in [4.78, 5) is 25.7. The molecule has 30 heavy (non-hydrogen) atoms. The monoisotopic (exact) mass is 402 g/mol. The van der Waals surface area contributed by atoms with Crippen molar-refractivity contribution in [2.75, 3.05) is 6.61 Å². The third-order valence-electron chi connectivity index (χ3n) is 4.83. The van der Waals surface area contributed by atoms with Crippen LogP contribution in [0.15, 0.2) is 91.0 Å². The molecule has 154 valence electrons. The Morgan fingerprint density at radius 1 is 0.700 bits per heavy atom. The van der Waals surface area contributed by atoms with Crippen LogP contribution >= 0.6 is 0 Å². The van der Waals surface area contributed by atoms with Crippen LogP contribution in [0.2, 0.25) is 0 Å². The van der Waals surface area contributed by atoms with Gasteiger partial charge in [-0.05, 0) is 29.7 Å². The molecule has 0 aliphatic heterocycles. The van der Waals surface area contributed by atoms with Gasteiger partial charge in [-0.1, -0.05) is 78.9 Å². The van der Waals surface area contributed by atoms with Crippen LogP contribution in [0.4, 0.5) is 0 Å². The molecule has 5 nitrogen and oxygen atoms in total. The van der Waals surface area contributed by atoms with Crippen molar-refractivity contribution in [1.82, 2.24) is 10.6 Å². The van der Waals surface area contributed by atoms with E-state index >= 15 is 0 Å². The number of rotatable bonds is 9. The molecule has 3 aromatic rings. The summed E-state index contributed by atoms with van der Waals surface area (Å²) in [5.74, 6) is -0.631. The van der Waals surface area contributed by atoms with E-state index in [9.17, 15) is 14.7 Å². The van der Waals surface area contributed by atoms with Crippen LogP contribution < -0.4 is 10.6 Å². The van der Waals surface area contributed by atoms with Gasteiger partial charge in [0.25, 0.3) is 5.91 Å². The molecule has 0 unspecified atom stereocenters. The van der Waals surface area contributed by atoms with Crippen LogP contribution in [0.25, 0.3) is 0 Å². The molecule has 0 aliphatic carbocycles. The Kier molecular flexibility index (Phi) is 7.75. The lowest BCUT2D eigenvalue weighted by atomic mass is 10.0. The first-order valence-electron chi connectivity index (χ1n) is 10.0.